The van der Waals surface area contributed by atoms with Crippen molar-refractivity contribution in [3.8, 4) is 0 Å². The number of aryl methyl sites for hydroxylation is 1. The SMILES string of the molecule is O=C[C@@H]1CCn2ccnc21. The van der Waals surface area contributed by atoms with E-state index in [1.165, 1.54) is 0 Å². The van der Waals surface area contributed by atoms with Crippen LogP contribution >= 0.6 is 0 Å². The maximum atomic E-state index is 10.4. The molecule has 0 radical (unpaired) electrons. The minimum atomic E-state index is 0.0509. The maximum Gasteiger partial charge on any atom is 0.130 e. The zero-order valence-electron chi connectivity index (χ0n) is 5.53. The molecule has 0 unspecified atom stereocenters. The molecular formula is C7H8N2O. The molecule has 3 nitrogen and oxygen atoms in total. The van der Waals surface area contributed by atoms with Crippen LogP contribution in [0.3, 0.4) is 0 Å². The Balaban J connectivity index is 2.43. The third kappa shape index (κ3) is 0.602. The van der Waals surface area contributed by atoms with Gasteiger partial charge >= 0.3 is 0 Å². The highest BCUT2D eigenvalue weighted by atomic mass is 16.1. The van der Waals surface area contributed by atoms with Gasteiger partial charge < -0.3 is 9.36 Å². The van der Waals surface area contributed by atoms with Gasteiger partial charge in [0.1, 0.15) is 12.1 Å². The molecule has 0 N–H and O–H groups in total. The van der Waals surface area contributed by atoms with Crippen LogP contribution in [0.5, 0.6) is 0 Å². The van der Waals surface area contributed by atoms with Gasteiger partial charge in [-0.25, -0.2) is 4.98 Å². The number of imidazole rings is 1. The van der Waals surface area contributed by atoms with Crippen molar-refractivity contribution in [3.05, 3.63) is 18.2 Å². The van der Waals surface area contributed by atoms with Crippen molar-refractivity contribution in [1.29, 1.82) is 0 Å². The summed E-state index contributed by atoms with van der Waals surface area (Å²) in [6.45, 7) is 0.943. The number of hydrogen-bond acceptors (Lipinski definition) is 2. The molecule has 1 aliphatic rings. The molecule has 3 heteroatoms. The maximum absolute atomic E-state index is 10.4. The first-order valence-electron chi connectivity index (χ1n) is 3.38. The van der Waals surface area contributed by atoms with E-state index in [-0.39, 0.29) is 5.92 Å². The summed E-state index contributed by atoms with van der Waals surface area (Å²) in [6, 6.07) is 0. The molecule has 0 fully saturated rings. The van der Waals surface area contributed by atoms with Gasteiger partial charge in [-0.1, -0.05) is 0 Å². The van der Waals surface area contributed by atoms with Crippen LogP contribution in [-0.2, 0) is 11.3 Å². The molecule has 1 aromatic heterocycles. The van der Waals surface area contributed by atoms with E-state index in [9.17, 15) is 4.79 Å². The number of rotatable bonds is 1. The zero-order valence-corrected chi connectivity index (χ0v) is 5.53. The van der Waals surface area contributed by atoms with Gasteiger partial charge in [0.15, 0.2) is 0 Å². The number of hydrogen-bond donors (Lipinski definition) is 0. The number of aldehydes is 1. The first-order valence-corrected chi connectivity index (χ1v) is 3.38. The minimum absolute atomic E-state index is 0.0509. The largest absolute Gasteiger partial charge is 0.334 e. The highest BCUT2D eigenvalue weighted by molar-refractivity contribution is 5.60. The summed E-state index contributed by atoms with van der Waals surface area (Å²) in [5, 5.41) is 0. The molecule has 1 aromatic rings. The molecule has 0 spiro atoms. The van der Waals surface area contributed by atoms with E-state index in [4.69, 9.17) is 0 Å². The number of fused-ring (bicyclic) bond motifs is 1. The van der Waals surface area contributed by atoms with E-state index < -0.39 is 0 Å². The van der Waals surface area contributed by atoms with Crippen LogP contribution in [0.25, 0.3) is 0 Å². The topological polar surface area (TPSA) is 34.9 Å². The number of carbonyl (C=O) groups is 1. The quantitative estimate of drug-likeness (QED) is 0.529. The van der Waals surface area contributed by atoms with E-state index >= 15 is 0 Å². The molecule has 10 heavy (non-hydrogen) atoms. The van der Waals surface area contributed by atoms with Crippen LogP contribution in [0.1, 0.15) is 18.2 Å². The van der Waals surface area contributed by atoms with Crippen LogP contribution in [0.15, 0.2) is 12.4 Å². The van der Waals surface area contributed by atoms with E-state index in [0.717, 1.165) is 25.1 Å². The lowest BCUT2D eigenvalue weighted by molar-refractivity contribution is -0.109. The third-order valence-corrected chi connectivity index (χ3v) is 1.92. The fourth-order valence-electron chi connectivity index (χ4n) is 1.37. The number of nitrogens with zero attached hydrogens (tertiary/aromatic N) is 2. The average molecular weight is 136 g/mol. The van der Waals surface area contributed by atoms with Gasteiger partial charge in [-0.05, 0) is 6.42 Å². The number of aromatic nitrogens is 2. The lowest BCUT2D eigenvalue weighted by atomic mass is 10.1. The highest BCUT2D eigenvalue weighted by Crippen LogP contribution is 2.23. The predicted molar refractivity (Wildman–Crippen MR) is 35.6 cm³/mol. The van der Waals surface area contributed by atoms with Gasteiger partial charge in [0, 0.05) is 18.9 Å². The van der Waals surface area contributed by atoms with E-state index in [0.29, 0.717) is 0 Å². The van der Waals surface area contributed by atoms with Crippen molar-refractivity contribution in [2.75, 3.05) is 0 Å². The zero-order chi connectivity index (χ0) is 6.97. The Labute approximate surface area is 58.7 Å². The van der Waals surface area contributed by atoms with Gasteiger partial charge in [-0.3, -0.25) is 0 Å². The van der Waals surface area contributed by atoms with Gasteiger partial charge in [0.2, 0.25) is 0 Å². The van der Waals surface area contributed by atoms with Crippen LogP contribution in [-0.4, -0.2) is 15.8 Å². The smallest absolute Gasteiger partial charge is 0.130 e. The Hall–Kier alpha value is -1.12. The summed E-state index contributed by atoms with van der Waals surface area (Å²) in [5.41, 5.74) is 0. The van der Waals surface area contributed by atoms with Gasteiger partial charge in [0.05, 0.1) is 5.92 Å². The van der Waals surface area contributed by atoms with Crippen LogP contribution in [0.2, 0.25) is 0 Å². The second-order valence-electron chi connectivity index (χ2n) is 2.51. The molecule has 0 saturated carbocycles. The summed E-state index contributed by atoms with van der Waals surface area (Å²) >= 11 is 0. The van der Waals surface area contributed by atoms with E-state index in [1.807, 2.05) is 10.8 Å². The standard InChI is InChI=1S/C7H8N2O/c10-5-6-1-3-9-4-2-8-7(6)9/h2,4-6H,1,3H2/t6-/m0/s1. The van der Waals surface area contributed by atoms with Crippen molar-refractivity contribution in [2.24, 2.45) is 0 Å². The molecule has 0 aliphatic carbocycles. The monoisotopic (exact) mass is 136 g/mol. The van der Waals surface area contributed by atoms with E-state index in [1.54, 1.807) is 6.20 Å². The Morgan fingerprint density at radius 2 is 2.70 bits per heavy atom. The fourth-order valence-corrected chi connectivity index (χ4v) is 1.37. The van der Waals surface area contributed by atoms with Gasteiger partial charge in [0.25, 0.3) is 0 Å². The van der Waals surface area contributed by atoms with Gasteiger partial charge in [-0.2, -0.15) is 0 Å². The Bertz CT molecular complexity index is 254. The summed E-state index contributed by atoms with van der Waals surface area (Å²) < 4.78 is 2.03. The second-order valence-corrected chi connectivity index (χ2v) is 2.51. The second kappa shape index (κ2) is 1.94. The van der Waals surface area contributed by atoms with Crippen molar-refractivity contribution in [1.82, 2.24) is 9.55 Å². The first-order chi connectivity index (χ1) is 4.92. The van der Waals surface area contributed by atoms with Crippen LogP contribution in [0, 0.1) is 0 Å². The summed E-state index contributed by atoms with van der Waals surface area (Å²) in [6.07, 6.45) is 5.56. The Morgan fingerprint density at radius 3 is 3.50 bits per heavy atom. The van der Waals surface area contributed by atoms with Crippen molar-refractivity contribution in [2.45, 2.75) is 18.9 Å². The van der Waals surface area contributed by atoms with Crippen LogP contribution in [0.4, 0.5) is 0 Å². The Morgan fingerprint density at radius 1 is 1.80 bits per heavy atom. The molecule has 0 saturated heterocycles. The molecule has 0 bridgehead atoms. The molecular weight excluding hydrogens is 128 g/mol. The average Bonchev–Trinajstić information content (AvgIpc) is 2.44. The first kappa shape index (κ1) is 5.65. The van der Waals surface area contributed by atoms with Crippen molar-refractivity contribution in [3.63, 3.8) is 0 Å². The summed E-state index contributed by atoms with van der Waals surface area (Å²) in [7, 11) is 0. The molecule has 1 aliphatic heterocycles. The lowest BCUT2D eigenvalue weighted by Gasteiger charge is -1.93. The van der Waals surface area contributed by atoms with E-state index in [2.05, 4.69) is 4.98 Å². The molecule has 1 atom stereocenters. The third-order valence-electron chi connectivity index (χ3n) is 1.92. The summed E-state index contributed by atoms with van der Waals surface area (Å²) in [4.78, 5) is 14.5. The minimum Gasteiger partial charge on any atom is -0.334 e. The van der Waals surface area contributed by atoms with Crippen LogP contribution < -0.4 is 0 Å². The van der Waals surface area contributed by atoms with Crippen molar-refractivity contribution >= 4 is 6.29 Å². The molecule has 52 valence electrons. The predicted octanol–water partition coefficient (Wildman–Crippen LogP) is 0.569. The van der Waals surface area contributed by atoms with Gasteiger partial charge in [-0.15, -0.1) is 0 Å². The normalized spacial score (nSPS) is 22.6. The highest BCUT2D eigenvalue weighted by Gasteiger charge is 2.21. The fraction of sp³-hybridized carbons (Fsp3) is 0.429. The number of carbonyl (C=O) groups excluding carboxylic acids is 1. The molecule has 0 aromatic carbocycles. The Kier molecular flexibility index (Phi) is 1.09. The molecule has 2 heterocycles. The summed E-state index contributed by atoms with van der Waals surface area (Å²) in [5.74, 6) is 0.977. The van der Waals surface area contributed by atoms with Crippen molar-refractivity contribution < 1.29 is 4.79 Å². The molecule has 0 amide bonds. The molecule has 2 rings (SSSR count). The lowest BCUT2D eigenvalue weighted by Crippen LogP contribution is -1.95.